The lowest BCUT2D eigenvalue weighted by molar-refractivity contribution is -0.125. The summed E-state index contributed by atoms with van der Waals surface area (Å²) in [5, 5.41) is 13.0. The van der Waals surface area contributed by atoms with Gasteiger partial charge in [0, 0.05) is 35.3 Å². The number of benzene rings is 2. The summed E-state index contributed by atoms with van der Waals surface area (Å²) in [5.41, 5.74) is 1.41. The minimum Gasteiger partial charge on any atom is -0.486 e. The average molecular weight is 492 g/mol. The Balaban J connectivity index is 1.32. The number of carbonyl (C=O) groups is 2. The topological polar surface area (TPSA) is 128 Å². The second-order valence-electron chi connectivity index (χ2n) is 9.32. The van der Waals surface area contributed by atoms with Crippen molar-refractivity contribution in [2.45, 2.75) is 44.7 Å². The predicted molar refractivity (Wildman–Crippen MR) is 132 cm³/mol. The molecule has 36 heavy (non-hydrogen) atoms. The van der Waals surface area contributed by atoms with Crippen LogP contribution >= 0.6 is 0 Å². The quantitative estimate of drug-likeness (QED) is 0.480. The molecule has 1 aliphatic heterocycles. The van der Waals surface area contributed by atoms with Crippen molar-refractivity contribution in [2.24, 2.45) is 5.92 Å². The second-order valence-corrected chi connectivity index (χ2v) is 9.32. The summed E-state index contributed by atoms with van der Waals surface area (Å²) in [4.78, 5) is 30.3. The standard InChI is InChI=1S/C26H29N5O5/c1-15(2)27-24(32)17-12-19(25-30-23(31-36-25)16-6-4-3-5-7-16)20(13-17)29-26(33)28-18-8-9-21-22(14-18)35-11-10-34-21/h3-9,14-15,17,19-20H,10-13H2,1-2H3,(H,27,32)(H2,28,29,33)/t17-,19-,20+/m1/s1. The van der Waals surface area contributed by atoms with Crippen LogP contribution in [0.5, 0.6) is 11.5 Å². The second kappa shape index (κ2) is 10.3. The predicted octanol–water partition coefficient (Wildman–Crippen LogP) is 3.72. The molecule has 0 bridgehead atoms. The van der Waals surface area contributed by atoms with Crippen LogP contribution in [-0.4, -0.2) is 47.4 Å². The molecule has 1 aromatic heterocycles. The number of fused-ring (bicyclic) bond motifs is 1. The number of amides is 3. The number of ether oxygens (including phenoxy) is 2. The molecule has 1 fully saturated rings. The fraction of sp³-hybridized carbons (Fsp3) is 0.385. The minimum absolute atomic E-state index is 0.0227. The third kappa shape index (κ3) is 5.27. The van der Waals surface area contributed by atoms with Crippen LogP contribution in [-0.2, 0) is 4.79 Å². The van der Waals surface area contributed by atoms with E-state index in [0.29, 0.717) is 55.0 Å². The van der Waals surface area contributed by atoms with Gasteiger partial charge in [-0.15, -0.1) is 0 Å². The minimum atomic E-state index is -0.394. The maximum Gasteiger partial charge on any atom is 0.319 e. The van der Waals surface area contributed by atoms with E-state index in [1.165, 1.54) is 0 Å². The monoisotopic (exact) mass is 491 g/mol. The first-order chi connectivity index (χ1) is 17.5. The van der Waals surface area contributed by atoms with Crippen LogP contribution < -0.4 is 25.4 Å². The third-order valence-electron chi connectivity index (χ3n) is 6.27. The number of hydrogen-bond donors (Lipinski definition) is 3. The summed E-state index contributed by atoms with van der Waals surface area (Å²) in [6.45, 7) is 4.80. The number of carbonyl (C=O) groups excluding carboxylic acids is 2. The fourth-order valence-electron chi connectivity index (χ4n) is 4.63. The number of nitrogens with zero attached hydrogens (tertiary/aromatic N) is 2. The molecule has 188 valence electrons. The van der Waals surface area contributed by atoms with Crippen molar-refractivity contribution in [3.8, 4) is 22.9 Å². The van der Waals surface area contributed by atoms with Crippen LogP contribution in [0.1, 0.15) is 38.5 Å². The molecule has 3 aromatic rings. The normalized spacial score (nSPS) is 20.7. The van der Waals surface area contributed by atoms with Gasteiger partial charge in [-0.25, -0.2) is 4.79 Å². The van der Waals surface area contributed by atoms with Gasteiger partial charge in [0.05, 0.1) is 5.92 Å². The Hall–Kier alpha value is -4.08. The molecule has 10 nitrogen and oxygen atoms in total. The SMILES string of the molecule is CC(C)NC(=O)[C@H]1C[C@H](NC(=O)Nc2ccc3c(c2)OCCO3)[C@H](c2nc(-c3ccccc3)no2)C1. The van der Waals surface area contributed by atoms with Crippen LogP contribution in [0.25, 0.3) is 11.4 Å². The molecule has 3 atom stereocenters. The molecule has 5 rings (SSSR count). The van der Waals surface area contributed by atoms with Crippen molar-refractivity contribution in [2.75, 3.05) is 18.5 Å². The van der Waals surface area contributed by atoms with Crippen molar-refractivity contribution in [3.05, 3.63) is 54.4 Å². The lowest BCUT2D eigenvalue weighted by atomic mass is 10.0. The van der Waals surface area contributed by atoms with Gasteiger partial charge in [-0.1, -0.05) is 35.5 Å². The molecule has 2 aromatic carbocycles. The van der Waals surface area contributed by atoms with E-state index in [1.54, 1.807) is 18.2 Å². The molecule has 0 saturated heterocycles. The smallest absolute Gasteiger partial charge is 0.319 e. The average Bonchev–Trinajstić information content (AvgIpc) is 3.52. The van der Waals surface area contributed by atoms with Gasteiger partial charge in [0.15, 0.2) is 11.5 Å². The number of hydrogen-bond acceptors (Lipinski definition) is 7. The summed E-state index contributed by atoms with van der Waals surface area (Å²) >= 11 is 0. The zero-order valence-corrected chi connectivity index (χ0v) is 20.2. The maximum atomic E-state index is 12.9. The van der Waals surface area contributed by atoms with E-state index in [9.17, 15) is 9.59 Å². The first-order valence-corrected chi connectivity index (χ1v) is 12.1. The van der Waals surface area contributed by atoms with Gasteiger partial charge in [0.2, 0.25) is 17.6 Å². The molecule has 2 aliphatic rings. The fourth-order valence-corrected chi connectivity index (χ4v) is 4.63. The van der Waals surface area contributed by atoms with Crippen molar-refractivity contribution < 1.29 is 23.6 Å². The zero-order chi connectivity index (χ0) is 25.1. The first-order valence-electron chi connectivity index (χ1n) is 12.1. The van der Waals surface area contributed by atoms with Crippen LogP contribution in [0.3, 0.4) is 0 Å². The van der Waals surface area contributed by atoms with Crippen LogP contribution in [0.4, 0.5) is 10.5 Å². The summed E-state index contributed by atoms with van der Waals surface area (Å²) in [6.07, 6.45) is 0.949. The molecular formula is C26H29N5O5. The van der Waals surface area contributed by atoms with E-state index in [0.717, 1.165) is 5.56 Å². The Kier molecular flexibility index (Phi) is 6.75. The number of aromatic nitrogens is 2. The largest absolute Gasteiger partial charge is 0.486 e. The Labute approximate surface area is 208 Å². The summed E-state index contributed by atoms with van der Waals surface area (Å²) < 4.78 is 16.7. The van der Waals surface area contributed by atoms with Gasteiger partial charge in [-0.3, -0.25) is 4.79 Å². The molecule has 0 spiro atoms. The van der Waals surface area contributed by atoms with Gasteiger partial charge >= 0.3 is 6.03 Å². The number of nitrogens with one attached hydrogen (secondary N) is 3. The maximum absolute atomic E-state index is 12.9. The highest BCUT2D eigenvalue weighted by molar-refractivity contribution is 5.90. The lowest BCUT2D eigenvalue weighted by Gasteiger charge is -2.20. The highest BCUT2D eigenvalue weighted by Gasteiger charge is 2.42. The highest BCUT2D eigenvalue weighted by Crippen LogP contribution is 2.39. The van der Waals surface area contributed by atoms with E-state index >= 15 is 0 Å². The Morgan fingerprint density at radius 2 is 1.78 bits per heavy atom. The Bertz CT molecular complexity index is 1230. The molecular weight excluding hydrogens is 462 g/mol. The van der Waals surface area contributed by atoms with Gasteiger partial charge < -0.3 is 29.9 Å². The van der Waals surface area contributed by atoms with E-state index in [-0.39, 0.29) is 29.8 Å². The van der Waals surface area contributed by atoms with E-state index < -0.39 is 6.03 Å². The zero-order valence-electron chi connectivity index (χ0n) is 20.2. The Morgan fingerprint density at radius 3 is 2.56 bits per heavy atom. The van der Waals surface area contributed by atoms with Gasteiger partial charge in [0.1, 0.15) is 13.2 Å². The van der Waals surface area contributed by atoms with Crippen LogP contribution in [0.2, 0.25) is 0 Å². The van der Waals surface area contributed by atoms with Gasteiger partial charge in [-0.05, 0) is 38.8 Å². The molecule has 1 saturated carbocycles. The molecule has 1 aliphatic carbocycles. The third-order valence-corrected chi connectivity index (χ3v) is 6.27. The number of urea groups is 1. The number of rotatable bonds is 6. The first kappa shape index (κ1) is 23.7. The van der Waals surface area contributed by atoms with Crippen molar-refractivity contribution in [3.63, 3.8) is 0 Å². The molecule has 3 N–H and O–H groups in total. The number of anilines is 1. The lowest BCUT2D eigenvalue weighted by Crippen LogP contribution is -2.40. The van der Waals surface area contributed by atoms with Gasteiger partial charge in [0.25, 0.3) is 0 Å². The summed E-state index contributed by atoms with van der Waals surface area (Å²) in [6, 6.07) is 14.0. The van der Waals surface area contributed by atoms with Gasteiger partial charge in [-0.2, -0.15) is 4.98 Å². The van der Waals surface area contributed by atoms with Crippen LogP contribution in [0.15, 0.2) is 53.1 Å². The van der Waals surface area contributed by atoms with E-state index in [4.69, 9.17) is 14.0 Å². The van der Waals surface area contributed by atoms with Crippen LogP contribution in [0, 0.1) is 5.92 Å². The molecule has 0 radical (unpaired) electrons. The van der Waals surface area contributed by atoms with Crippen molar-refractivity contribution in [1.82, 2.24) is 20.8 Å². The summed E-state index contributed by atoms with van der Waals surface area (Å²) in [7, 11) is 0. The van der Waals surface area contributed by atoms with Crippen molar-refractivity contribution in [1.29, 1.82) is 0 Å². The summed E-state index contributed by atoms with van der Waals surface area (Å²) in [5.74, 6) is 1.47. The molecule has 0 unspecified atom stereocenters. The Morgan fingerprint density at radius 1 is 1.00 bits per heavy atom. The molecule has 10 heteroatoms. The molecule has 2 heterocycles. The van der Waals surface area contributed by atoms with E-state index in [2.05, 4.69) is 26.1 Å². The van der Waals surface area contributed by atoms with E-state index in [1.807, 2.05) is 44.2 Å². The molecule has 3 amide bonds. The van der Waals surface area contributed by atoms with Crippen molar-refractivity contribution >= 4 is 17.6 Å². The highest BCUT2D eigenvalue weighted by atomic mass is 16.6.